The van der Waals surface area contributed by atoms with Gasteiger partial charge in [0.15, 0.2) is 5.69 Å². The van der Waals surface area contributed by atoms with E-state index in [2.05, 4.69) is 10.4 Å². The Morgan fingerprint density at radius 1 is 1.18 bits per heavy atom. The highest BCUT2D eigenvalue weighted by Crippen LogP contribution is 2.35. The Hall–Kier alpha value is -3.00. The number of allylic oxidation sites excluding steroid dienone is 1. The van der Waals surface area contributed by atoms with Gasteiger partial charge in [0.1, 0.15) is 11.9 Å². The van der Waals surface area contributed by atoms with E-state index >= 15 is 0 Å². The average Bonchev–Trinajstić information content (AvgIpc) is 3.52. The largest absolute Gasteiger partial charge is 0.474 e. The van der Waals surface area contributed by atoms with Crippen molar-refractivity contribution in [3.8, 4) is 11.6 Å². The third-order valence-corrected chi connectivity index (χ3v) is 5.91. The van der Waals surface area contributed by atoms with Crippen LogP contribution in [0.5, 0.6) is 5.88 Å². The Kier molecular flexibility index (Phi) is 6.89. The number of para-hydroxylation sites is 1. The first-order valence-electron chi connectivity index (χ1n) is 10.9. The summed E-state index contributed by atoms with van der Waals surface area (Å²) < 4.78 is 60.7. The summed E-state index contributed by atoms with van der Waals surface area (Å²) >= 11 is 6.13. The van der Waals surface area contributed by atoms with Crippen LogP contribution in [0.1, 0.15) is 43.0 Å². The maximum Gasteiger partial charge on any atom is 0.435 e. The highest BCUT2D eigenvalue weighted by Gasteiger charge is 2.36. The van der Waals surface area contributed by atoms with Gasteiger partial charge in [-0.1, -0.05) is 41.4 Å². The van der Waals surface area contributed by atoms with Crippen molar-refractivity contribution >= 4 is 11.6 Å². The predicted octanol–water partition coefficient (Wildman–Crippen LogP) is 6.99. The number of halogens is 5. The van der Waals surface area contributed by atoms with Crippen LogP contribution >= 0.6 is 11.6 Å². The summed E-state index contributed by atoms with van der Waals surface area (Å²) in [4.78, 5) is 0. The molecule has 1 aromatic heterocycles. The maximum atomic E-state index is 13.4. The standard InChI is InChI=1S/C25H24ClF4N3O/c1-15-5-3-4-6-22(15)33-24(13-23(32-33)25(28,29)30)34-16(2)11-21(17-7-8-17)31-14-18-9-10-19(27)12-20(18)26/h3-6,9-10,12-13,16,31H,7-8,11,14H2,1-2H3. The summed E-state index contributed by atoms with van der Waals surface area (Å²) in [5.41, 5.74) is 3.23. The summed E-state index contributed by atoms with van der Waals surface area (Å²) in [5, 5.41) is 7.46. The molecule has 1 fully saturated rings. The number of hydrogen-bond donors (Lipinski definition) is 1. The number of rotatable bonds is 8. The minimum absolute atomic E-state index is 0.0239. The van der Waals surface area contributed by atoms with Crippen LogP contribution in [-0.2, 0) is 12.7 Å². The summed E-state index contributed by atoms with van der Waals surface area (Å²) in [7, 11) is 0. The number of benzene rings is 2. The second-order valence-electron chi connectivity index (χ2n) is 8.37. The van der Waals surface area contributed by atoms with Crippen molar-refractivity contribution in [2.24, 2.45) is 0 Å². The van der Waals surface area contributed by atoms with Crippen molar-refractivity contribution in [3.63, 3.8) is 0 Å². The number of nitrogens with one attached hydrogen (secondary N) is 1. The number of nitrogens with zero attached hydrogens (tertiary/aromatic N) is 2. The van der Waals surface area contributed by atoms with E-state index in [-0.39, 0.29) is 5.88 Å². The van der Waals surface area contributed by atoms with E-state index in [9.17, 15) is 17.6 Å². The maximum absolute atomic E-state index is 13.4. The zero-order valence-electron chi connectivity index (χ0n) is 18.7. The third kappa shape index (κ3) is 5.73. The lowest BCUT2D eigenvalue weighted by atomic mass is 10.1. The first-order chi connectivity index (χ1) is 16.1. The molecular weight excluding hydrogens is 470 g/mol. The van der Waals surface area contributed by atoms with Gasteiger partial charge in [0.25, 0.3) is 0 Å². The van der Waals surface area contributed by atoms with Gasteiger partial charge in [-0.05, 0) is 56.0 Å². The van der Waals surface area contributed by atoms with Gasteiger partial charge in [0.05, 0.1) is 5.69 Å². The first-order valence-corrected chi connectivity index (χ1v) is 11.3. The molecule has 1 unspecified atom stereocenters. The molecular formula is C25H24ClF4N3O. The van der Waals surface area contributed by atoms with Crippen LogP contribution in [0.2, 0.25) is 5.02 Å². The Bertz CT molecular complexity index is 1210. The molecule has 1 aliphatic carbocycles. The van der Waals surface area contributed by atoms with Gasteiger partial charge in [0, 0.05) is 29.8 Å². The highest BCUT2D eigenvalue weighted by atomic mass is 35.5. The number of aromatic nitrogens is 2. The average molecular weight is 494 g/mol. The summed E-state index contributed by atoms with van der Waals surface area (Å²) in [6, 6.07) is 12.2. The Morgan fingerprint density at radius 2 is 1.91 bits per heavy atom. The lowest BCUT2D eigenvalue weighted by Crippen LogP contribution is -2.22. The fourth-order valence-electron chi connectivity index (χ4n) is 3.67. The van der Waals surface area contributed by atoms with Gasteiger partial charge in [-0.3, -0.25) is 0 Å². The van der Waals surface area contributed by atoms with Gasteiger partial charge in [-0.25, -0.2) is 9.07 Å². The molecule has 0 radical (unpaired) electrons. The fourth-order valence-corrected chi connectivity index (χ4v) is 3.90. The van der Waals surface area contributed by atoms with E-state index < -0.39 is 23.8 Å². The molecule has 0 amide bonds. The quantitative estimate of drug-likeness (QED) is 0.344. The number of alkyl halides is 3. The molecule has 1 heterocycles. The molecule has 0 bridgehead atoms. The van der Waals surface area contributed by atoms with Crippen LogP contribution in [0.4, 0.5) is 17.6 Å². The molecule has 0 aliphatic heterocycles. The van der Waals surface area contributed by atoms with E-state index in [0.717, 1.165) is 35.7 Å². The van der Waals surface area contributed by atoms with E-state index in [1.807, 2.05) is 6.07 Å². The van der Waals surface area contributed by atoms with Crippen LogP contribution < -0.4 is 10.1 Å². The second kappa shape index (κ2) is 9.70. The highest BCUT2D eigenvalue weighted by molar-refractivity contribution is 6.31. The number of aryl methyl sites for hydroxylation is 1. The molecule has 1 aliphatic rings. The molecule has 180 valence electrons. The van der Waals surface area contributed by atoms with Crippen LogP contribution in [0, 0.1) is 12.7 Å². The van der Waals surface area contributed by atoms with Gasteiger partial charge >= 0.3 is 6.18 Å². The first kappa shape index (κ1) is 24.1. The monoisotopic (exact) mass is 493 g/mol. The van der Waals surface area contributed by atoms with Gasteiger partial charge in [-0.2, -0.15) is 18.3 Å². The smallest absolute Gasteiger partial charge is 0.435 e. The normalized spacial score (nSPS) is 14.1. The van der Waals surface area contributed by atoms with E-state index in [1.54, 1.807) is 38.1 Å². The minimum Gasteiger partial charge on any atom is -0.474 e. The third-order valence-electron chi connectivity index (χ3n) is 5.56. The number of hydrogen-bond acceptors (Lipinski definition) is 3. The van der Waals surface area contributed by atoms with Crippen LogP contribution in [0.3, 0.4) is 0 Å². The molecule has 1 N–H and O–H groups in total. The van der Waals surface area contributed by atoms with Crippen molar-refractivity contribution in [3.05, 3.63) is 87.5 Å². The van der Waals surface area contributed by atoms with E-state index in [0.29, 0.717) is 23.7 Å². The molecule has 2 aromatic carbocycles. The summed E-state index contributed by atoms with van der Waals surface area (Å²) in [5.74, 6) is -0.379. The lowest BCUT2D eigenvalue weighted by molar-refractivity contribution is -0.141. The molecule has 1 saturated carbocycles. The molecule has 1 atom stereocenters. The fraction of sp³-hybridized carbons (Fsp3) is 0.320. The zero-order chi connectivity index (χ0) is 24.5. The molecule has 34 heavy (non-hydrogen) atoms. The van der Waals surface area contributed by atoms with Crippen molar-refractivity contribution in [1.29, 1.82) is 0 Å². The molecule has 4 nitrogen and oxygen atoms in total. The Labute approximate surface area is 200 Å². The van der Waals surface area contributed by atoms with Gasteiger partial charge in [-0.15, -0.1) is 0 Å². The van der Waals surface area contributed by atoms with Crippen LogP contribution in [0.25, 0.3) is 5.69 Å². The Balaban J connectivity index is 1.51. The summed E-state index contributed by atoms with van der Waals surface area (Å²) in [6.07, 6.45) is -2.65. The SMILES string of the molecule is Cc1ccccc1-n1nc(C(F)(F)F)cc1OC(C)CC(NCc1ccc(F)cc1Cl)=C1CC1. The lowest BCUT2D eigenvalue weighted by Gasteiger charge is -2.19. The summed E-state index contributed by atoms with van der Waals surface area (Å²) in [6.45, 7) is 4.01. The topological polar surface area (TPSA) is 39.1 Å². The second-order valence-corrected chi connectivity index (χ2v) is 8.78. The van der Waals surface area contributed by atoms with Crippen molar-refractivity contribution < 1.29 is 22.3 Å². The predicted molar refractivity (Wildman–Crippen MR) is 123 cm³/mol. The van der Waals surface area contributed by atoms with Crippen LogP contribution in [0.15, 0.2) is 59.8 Å². The van der Waals surface area contributed by atoms with Gasteiger partial charge < -0.3 is 10.1 Å². The molecule has 0 saturated heterocycles. The van der Waals surface area contributed by atoms with E-state index in [1.165, 1.54) is 22.4 Å². The van der Waals surface area contributed by atoms with Crippen LogP contribution in [-0.4, -0.2) is 15.9 Å². The molecule has 0 spiro atoms. The molecule has 3 aromatic rings. The van der Waals surface area contributed by atoms with Gasteiger partial charge in [0.2, 0.25) is 5.88 Å². The number of ether oxygens (including phenoxy) is 1. The molecule has 4 rings (SSSR count). The van der Waals surface area contributed by atoms with E-state index in [4.69, 9.17) is 16.3 Å². The van der Waals surface area contributed by atoms with Crippen molar-refractivity contribution in [1.82, 2.24) is 15.1 Å². The Morgan fingerprint density at radius 3 is 2.56 bits per heavy atom. The minimum atomic E-state index is -4.59. The molecule has 9 heteroatoms. The van der Waals surface area contributed by atoms with Crippen molar-refractivity contribution in [2.75, 3.05) is 0 Å². The zero-order valence-corrected chi connectivity index (χ0v) is 19.5. The van der Waals surface area contributed by atoms with Crippen molar-refractivity contribution in [2.45, 2.75) is 51.9 Å².